The quantitative estimate of drug-likeness (QED) is 0.917. The summed E-state index contributed by atoms with van der Waals surface area (Å²) in [5.41, 5.74) is 0.979. The molecule has 0 saturated carbocycles. The van der Waals surface area contributed by atoms with E-state index >= 15 is 0 Å². The maximum atomic E-state index is 6.14. The highest BCUT2D eigenvalue weighted by Gasteiger charge is 2.24. The van der Waals surface area contributed by atoms with Crippen LogP contribution in [0.1, 0.15) is 18.0 Å². The number of hydrogen-bond donors (Lipinski definition) is 1. The van der Waals surface area contributed by atoms with Crippen molar-refractivity contribution in [1.29, 1.82) is 0 Å². The summed E-state index contributed by atoms with van der Waals surface area (Å²) in [6, 6.07) is 3.69. The Morgan fingerprint density at radius 1 is 1.39 bits per heavy atom. The number of aromatic nitrogens is 2. The third-order valence-electron chi connectivity index (χ3n) is 2.74. The molecule has 4 nitrogen and oxygen atoms in total. The molecule has 1 N–H and O–H groups in total. The minimum Gasteiger partial charge on any atom is -0.492 e. The van der Waals surface area contributed by atoms with E-state index in [-0.39, 0.29) is 6.04 Å². The lowest BCUT2D eigenvalue weighted by molar-refractivity contribution is 0.274. The average Bonchev–Trinajstić information content (AvgIpc) is 2.83. The normalized spacial score (nSPS) is 18.0. The number of hydrogen-bond acceptors (Lipinski definition) is 5. The molecule has 1 atom stereocenters. The van der Waals surface area contributed by atoms with Gasteiger partial charge >= 0.3 is 0 Å². The minimum atomic E-state index is 0.118. The molecule has 3 rings (SSSR count). The van der Waals surface area contributed by atoms with Crippen molar-refractivity contribution in [3.8, 4) is 5.75 Å². The van der Waals surface area contributed by atoms with Gasteiger partial charge in [0.15, 0.2) is 0 Å². The average molecular weight is 302 g/mol. The Bertz CT molecular complexity index is 562. The van der Waals surface area contributed by atoms with E-state index < -0.39 is 0 Å². The highest BCUT2D eigenvalue weighted by Crippen LogP contribution is 2.41. The Hall–Kier alpha value is -1.04. The molecule has 1 aromatic carbocycles. The summed E-state index contributed by atoms with van der Waals surface area (Å²) >= 11 is 13.5. The highest BCUT2D eigenvalue weighted by molar-refractivity contribution is 7.09. The Morgan fingerprint density at radius 3 is 3.06 bits per heavy atom. The number of nitrogens with one attached hydrogen (secondary N) is 1. The van der Waals surface area contributed by atoms with Gasteiger partial charge in [0.2, 0.25) is 0 Å². The fourth-order valence-electron chi connectivity index (χ4n) is 1.98. The summed E-state index contributed by atoms with van der Waals surface area (Å²) in [7, 11) is 0. The molecule has 94 valence electrons. The number of anilines is 1. The van der Waals surface area contributed by atoms with Crippen molar-refractivity contribution in [3.05, 3.63) is 33.9 Å². The van der Waals surface area contributed by atoms with Crippen LogP contribution in [0.25, 0.3) is 0 Å². The molecule has 0 amide bonds. The van der Waals surface area contributed by atoms with E-state index in [1.54, 1.807) is 12.3 Å². The Morgan fingerprint density at radius 2 is 2.28 bits per heavy atom. The van der Waals surface area contributed by atoms with Gasteiger partial charge in [0.25, 0.3) is 0 Å². The first-order valence-corrected chi connectivity index (χ1v) is 6.92. The number of nitrogens with zero attached hydrogens (tertiary/aromatic N) is 2. The monoisotopic (exact) mass is 301 g/mol. The lowest BCUT2D eigenvalue weighted by Crippen LogP contribution is -2.20. The molecule has 0 bridgehead atoms. The Labute approximate surface area is 118 Å². The topological polar surface area (TPSA) is 47.0 Å². The molecule has 7 heteroatoms. The van der Waals surface area contributed by atoms with Gasteiger partial charge in [-0.25, -0.2) is 0 Å². The molecule has 2 aromatic rings. The first-order chi connectivity index (χ1) is 8.74. The molecule has 1 unspecified atom stereocenters. The molecule has 0 aliphatic carbocycles. The Kier molecular flexibility index (Phi) is 3.28. The second-order valence-electron chi connectivity index (χ2n) is 3.92. The van der Waals surface area contributed by atoms with Gasteiger partial charge in [0.1, 0.15) is 10.8 Å². The summed E-state index contributed by atoms with van der Waals surface area (Å²) in [5, 5.41) is 9.25. The van der Waals surface area contributed by atoms with E-state index in [1.165, 1.54) is 11.5 Å². The fraction of sp³-hybridized carbons (Fsp3) is 0.273. The number of rotatable bonds is 2. The van der Waals surface area contributed by atoms with Gasteiger partial charge in [0.05, 0.1) is 23.9 Å². The van der Waals surface area contributed by atoms with Crippen molar-refractivity contribution >= 4 is 39.7 Å². The zero-order chi connectivity index (χ0) is 12.5. The van der Waals surface area contributed by atoms with Gasteiger partial charge in [-0.05, 0) is 12.1 Å². The van der Waals surface area contributed by atoms with Gasteiger partial charge in [0, 0.05) is 28.5 Å². The highest BCUT2D eigenvalue weighted by atomic mass is 35.5. The number of fused-ring (bicyclic) bond motifs is 1. The summed E-state index contributed by atoms with van der Waals surface area (Å²) in [6.45, 7) is 0.623. The molecule has 0 fully saturated rings. The SMILES string of the molecule is Clc1cc(Cl)c2c(c1)C(Nc1cnns1)CCO2. The van der Waals surface area contributed by atoms with Crippen LogP contribution in [0.4, 0.5) is 5.00 Å². The van der Waals surface area contributed by atoms with E-state index in [1.807, 2.05) is 6.07 Å². The third kappa shape index (κ3) is 2.25. The number of ether oxygens (including phenoxy) is 1. The Balaban J connectivity index is 1.96. The van der Waals surface area contributed by atoms with Crippen LogP contribution in [0.3, 0.4) is 0 Å². The third-order valence-corrected chi connectivity index (χ3v) is 3.84. The van der Waals surface area contributed by atoms with Gasteiger partial charge in [-0.3, -0.25) is 0 Å². The summed E-state index contributed by atoms with van der Waals surface area (Å²) < 4.78 is 9.42. The van der Waals surface area contributed by atoms with Crippen LogP contribution in [0.15, 0.2) is 18.3 Å². The van der Waals surface area contributed by atoms with Crippen molar-refractivity contribution in [2.75, 3.05) is 11.9 Å². The summed E-state index contributed by atoms with van der Waals surface area (Å²) in [4.78, 5) is 0. The van der Waals surface area contributed by atoms with E-state index in [0.29, 0.717) is 22.4 Å². The van der Waals surface area contributed by atoms with Gasteiger partial charge in [-0.15, -0.1) is 5.10 Å². The molecular weight excluding hydrogens is 293 g/mol. The van der Waals surface area contributed by atoms with Crippen molar-refractivity contribution in [1.82, 2.24) is 9.59 Å². The molecule has 2 heterocycles. The predicted molar refractivity (Wildman–Crippen MR) is 72.8 cm³/mol. The second-order valence-corrected chi connectivity index (χ2v) is 5.55. The van der Waals surface area contributed by atoms with Gasteiger partial charge in [-0.2, -0.15) is 0 Å². The van der Waals surface area contributed by atoms with Crippen molar-refractivity contribution in [3.63, 3.8) is 0 Å². The van der Waals surface area contributed by atoms with Gasteiger partial charge in [-0.1, -0.05) is 27.7 Å². The van der Waals surface area contributed by atoms with E-state index in [2.05, 4.69) is 14.9 Å². The lowest BCUT2D eigenvalue weighted by Gasteiger charge is -2.27. The van der Waals surface area contributed by atoms with Crippen LogP contribution in [0, 0.1) is 0 Å². The summed E-state index contributed by atoms with van der Waals surface area (Å²) in [5.74, 6) is 0.710. The minimum absolute atomic E-state index is 0.118. The van der Waals surface area contributed by atoms with Crippen LogP contribution < -0.4 is 10.1 Å². The first-order valence-electron chi connectivity index (χ1n) is 5.39. The maximum absolute atomic E-state index is 6.14. The van der Waals surface area contributed by atoms with Crippen molar-refractivity contribution in [2.24, 2.45) is 0 Å². The van der Waals surface area contributed by atoms with E-state index in [9.17, 15) is 0 Å². The molecule has 0 radical (unpaired) electrons. The zero-order valence-corrected chi connectivity index (χ0v) is 11.5. The predicted octanol–water partition coefficient (Wildman–Crippen LogP) is 3.78. The lowest BCUT2D eigenvalue weighted by atomic mass is 10.0. The molecular formula is C11H9Cl2N3OS. The van der Waals surface area contributed by atoms with Crippen LogP contribution >= 0.6 is 34.7 Å². The second kappa shape index (κ2) is 4.91. The largest absolute Gasteiger partial charge is 0.492 e. The zero-order valence-electron chi connectivity index (χ0n) is 9.19. The van der Waals surface area contributed by atoms with Crippen LogP contribution in [0.2, 0.25) is 10.0 Å². The molecule has 0 saturated heterocycles. The van der Waals surface area contributed by atoms with E-state index in [0.717, 1.165) is 17.0 Å². The number of benzene rings is 1. The fourth-order valence-corrected chi connectivity index (χ4v) is 3.01. The molecule has 1 aliphatic rings. The van der Waals surface area contributed by atoms with Crippen molar-refractivity contribution in [2.45, 2.75) is 12.5 Å². The van der Waals surface area contributed by atoms with Crippen LogP contribution in [0.5, 0.6) is 5.75 Å². The molecule has 1 aliphatic heterocycles. The first kappa shape index (κ1) is 12.0. The molecule has 0 spiro atoms. The van der Waals surface area contributed by atoms with Crippen molar-refractivity contribution < 1.29 is 4.74 Å². The number of halogens is 2. The van der Waals surface area contributed by atoms with E-state index in [4.69, 9.17) is 27.9 Å². The maximum Gasteiger partial charge on any atom is 0.143 e. The summed E-state index contributed by atoms with van der Waals surface area (Å²) in [6.07, 6.45) is 2.55. The standard InChI is InChI=1S/C11H9Cl2N3OS/c12-6-3-7-9(15-10-5-14-16-18-10)1-2-17-11(7)8(13)4-6/h3-5,9,15H,1-2H2. The van der Waals surface area contributed by atoms with Gasteiger partial charge < -0.3 is 10.1 Å². The molecule has 18 heavy (non-hydrogen) atoms. The smallest absolute Gasteiger partial charge is 0.143 e. The molecule has 1 aromatic heterocycles. The van der Waals surface area contributed by atoms with Crippen LogP contribution in [-0.4, -0.2) is 16.2 Å². The van der Waals surface area contributed by atoms with Crippen LogP contribution in [-0.2, 0) is 0 Å².